The molecule has 36 heavy (non-hydrogen) atoms. The number of carbonyl (C=O) groups excluding carboxylic acids is 2. The molecule has 0 spiro atoms. The molecule has 1 atom stereocenters. The van der Waals surface area contributed by atoms with Crippen LogP contribution in [0.2, 0.25) is 0 Å². The molecule has 1 aliphatic rings. The summed E-state index contributed by atoms with van der Waals surface area (Å²) in [7, 11) is 3.46. The van der Waals surface area contributed by atoms with Gasteiger partial charge in [-0.05, 0) is 69.4 Å². The van der Waals surface area contributed by atoms with Crippen molar-refractivity contribution in [3.05, 3.63) is 46.1 Å². The van der Waals surface area contributed by atoms with Crippen molar-refractivity contribution in [3.63, 3.8) is 0 Å². The number of hydrogen-bond donors (Lipinski definition) is 1. The number of hydrogen-bond acceptors (Lipinski definition) is 9. The number of amides is 1. The number of ether oxygens (including phenoxy) is 3. The van der Waals surface area contributed by atoms with Crippen LogP contribution in [0.1, 0.15) is 59.4 Å². The summed E-state index contributed by atoms with van der Waals surface area (Å²) < 4.78 is 18.2. The first-order chi connectivity index (χ1) is 17.4. The van der Waals surface area contributed by atoms with Gasteiger partial charge in [0.05, 0.1) is 25.0 Å². The smallest absolute Gasteiger partial charge is 0.341 e. The number of carbonyl (C=O) groups is 2. The molecule has 0 saturated heterocycles. The Bertz CT molecular complexity index is 1220. The van der Waals surface area contributed by atoms with E-state index >= 15 is 0 Å². The fourth-order valence-electron chi connectivity index (χ4n) is 4.08. The minimum atomic E-state index is -0.372. The van der Waals surface area contributed by atoms with Crippen LogP contribution in [0.5, 0.6) is 11.5 Å². The quantitative estimate of drug-likeness (QED) is 0.294. The Balaban J connectivity index is 1.39. The minimum Gasteiger partial charge on any atom is -0.497 e. The molecule has 0 saturated carbocycles. The van der Waals surface area contributed by atoms with E-state index in [-0.39, 0.29) is 23.7 Å². The molecule has 2 aromatic heterocycles. The average molecular weight is 531 g/mol. The number of esters is 1. The van der Waals surface area contributed by atoms with Crippen molar-refractivity contribution in [2.75, 3.05) is 24.8 Å². The summed E-state index contributed by atoms with van der Waals surface area (Å²) in [6.45, 7) is 3.97. The Morgan fingerprint density at radius 2 is 1.89 bits per heavy atom. The number of anilines is 1. The van der Waals surface area contributed by atoms with Gasteiger partial charge >= 0.3 is 5.97 Å². The fourth-order valence-corrected chi connectivity index (χ4v) is 6.09. The zero-order chi connectivity index (χ0) is 25.7. The molecular formula is C25H30N4O5S2. The average Bonchev–Trinajstić information content (AvgIpc) is 3.43. The molecule has 1 N–H and O–H groups in total. The van der Waals surface area contributed by atoms with E-state index in [9.17, 15) is 9.59 Å². The van der Waals surface area contributed by atoms with Gasteiger partial charge in [-0.15, -0.1) is 21.5 Å². The molecule has 1 unspecified atom stereocenters. The second kappa shape index (κ2) is 11.8. The zero-order valence-corrected chi connectivity index (χ0v) is 22.5. The van der Waals surface area contributed by atoms with Crippen LogP contribution in [-0.4, -0.2) is 46.1 Å². The Morgan fingerprint density at radius 1 is 1.17 bits per heavy atom. The summed E-state index contributed by atoms with van der Waals surface area (Å²) in [5.41, 5.74) is 1.54. The molecule has 0 radical (unpaired) electrons. The van der Waals surface area contributed by atoms with Gasteiger partial charge in [-0.1, -0.05) is 11.8 Å². The van der Waals surface area contributed by atoms with Gasteiger partial charge in [-0.2, -0.15) is 0 Å². The second-order valence-electron chi connectivity index (χ2n) is 8.31. The molecule has 4 rings (SSSR count). The number of thioether (sulfide) groups is 1. The van der Waals surface area contributed by atoms with Crippen molar-refractivity contribution < 1.29 is 23.8 Å². The number of fused-ring (bicyclic) bond motifs is 1. The molecule has 1 amide bonds. The molecule has 2 heterocycles. The summed E-state index contributed by atoms with van der Waals surface area (Å²) in [5, 5.41) is 12.6. The van der Waals surface area contributed by atoms with Crippen molar-refractivity contribution in [2.24, 2.45) is 7.05 Å². The Morgan fingerprint density at radius 3 is 2.61 bits per heavy atom. The van der Waals surface area contributed by atoms with E-state index in [0.717, 1.165) is 41.9 Å². The van der Waals surface area contributed by atoms with Crippen molar-refractivity contribution in [3.8, 4) is 11.5 Å². The maximum atomic E-state index is 12.8. The summed E-state index contributed by atoms with van der Waals surface area (Å²) in [6, 6.07) is 7.32. The topological polar surface area (TPSA) is 105 Å². The summed E-state index contributed by atoms with van der Waals surface area (Å²) >= 11 is 2.76. The first kappa shape index (κ1) is 26.0. The van der Waals surface area contributed by atoms with Crippen molar-refractivity contribution in [1.29, 1.82) is 0 Å². The van der Waals surface area contributed by atoms with E-state index in [1.165, 1.54) is 23.1 Å². The van der Waals surface area contributed by atoms with Gasteiger partial charge < -0.3 is 24.1 Å². The number of aromatic nitrogens is 3. The summed E-state index contributed by atoms with van der Waals surface area (Å²) in [5.74, 6) is 1.63. The molecule has 3 aromatic rings. The van der Waals surface area contributed by atoms with Crippen LogP contribution in [-0.2, 0) is 29.4 Å². The number of methoxy groups -OCH3 is 1. The maximum Gasteiger partial charge on any atom is 0.341 e. The van der Waals surface area contributed by atoms with Gasteiger partial charge in [0.1, 0.15) is 16.5 Å². The SMILES string of the molecule is CCOC(=O)c1c(NC(=O)CSc2nnc(C(C)Oc3ccc(OC)cc3)n2C)sc2c1CCCC2. The minimum absolute atomic E-state index is 0.129. The van der Waals surface area contributed by atoms with E-state index in [0.29, 0.717) is 33.9 Å². The van der Waals surface area contributed by atoms with Crippen molar-refractivity contribution in [1.82, 2.24) is 14.8 Å². The van der Waals surface area contributed by atoms with Gasteiger partial charge in [-0.3, -0.25) is 4.79 Å². The van der Waals surface area contributed by atoms with E-state index in [4.69, 9.17) is 14.2 Å². The first-order valence-corrected chi connectivity index (χ1v) is 13.7. The second-order valence-corrected chi connectivity index (χ2v) is 10.4. The summed E-state index contributed by atoms with van der Waals surface area (Å²) in [4.78, 5) is 26.6. The largest absolute Gasteiger partial charge is 0.497 e. The number of nitrogens with one attached hydrogen (secondary N) is 1. The first-order valence-electron chi connectivity index (χ1n) is 11.9. The van der Waals surface area contributed by atoms with E-state index in [1.54, 1.807) is 14.0 Å². The van der Waals surface area contributed by atoms with Crippen LogP contribution in [0.3, 0.4) is 0 Å². The van der Waals surface area contributed by atoms with Crippen LogP contribution in [0, 0.1) is 0 Å². The van der Waals surface area contributed by atoms with E-state index in [2.05, 4.69) is 15.5 Å². The number of rotatable bonds is 10. The van der Waals surface area contributed by atoms with Gasteiger partial charge in [-0.25, -0.2) is 4.79 Å². The van der Waals surface area contributed by atoms with E-state index < -0.39 is 0 Å². The Hall–Kier alpha value is -3.05. The third-order valence-corrected chi connectivity index (χ3v) is 8.07. The van der Waals surface area contributed by atoms with Gasteiger partial charge in [0, 0.05) is 11.9 Å². The fraction of sp³-hybridized carbons (Fsp3) is 0.440. The third kappa shape index (κ3) is 5.84. The molecule has 192 valence electrons. The lowest BCUT2D eigenvalue weighted by Gasteiger charge is -2.14. The molecule has 9 nitrogen and oxygen atoms in total. The van der Waals surface area contributed by atoms with Crippen molar-refractivity contribution in [2.45, 2.75) is 50.8 Å². The number of nitrogens with zero attached hydrogens (tertiary/aromatic N) is 3. The molecule has 1 aromatic carbocycles. The number of benzene rings is 1. The predicted octanol–water partition coefficient (Wildman–Crippen LogP) is 4.81. The molecule has 0 aliphatic heterocycles. The highest BCUT2D eigenvalue weighted by atomic mass is 32.2. The number of aryl methyl sites for hydroxylation is 1. The van der Waals surface area contributed by atoms with Crippen LogP contribution in [0.4, 0.5) is 5.00 Å². The Kier molecular flexibility index (Phi) is 8.52. The number of thiophene rings is 1. The molecular weight excluding hydrogens is 500 g/mol. The van der Waals surface area contributed by atoms with Crippen LogP contribution in [0.25, 0.3) is 0 Å². The molecule has 0 bridgehead atoms. The van der Waals surface area contributed by atoms with E-state index in [1.807, 2.05) is 42.8 Å². The highest BCUT2D eigenvalue weighted by Gasteiger charge is 2.27. The van der Waals surface area contributed by atoms with Crippen LogP contribution >= 0.6 is 23.1 Å². The van der Waals surface area contributed by atoms with Crippen LogP contribution in [0.15, 0.2) is 29.4 Å². The molecule has 11 heteroatoms. The van der Waals surface area contributed by atoms with Crippen LogP contribution < -0.4 is 14.8 Å². The third-order valence-electron chi connectivity index (χ3n) is 5.84. The lowest BCUT2D eigenvalue weighted by Crippen LogP contribution is -2.17. The Labute approximate surface area is 218 Å². The maximum absolute atomic E-state index is 12.8. The molecule has 1 aliphatic carbocycles. The highest BCUT2D eigenvalue weighted by molar-refractivity contribution is 7.99. The van der Waals surface area contributed by atoms with Gasteiger partial charge in [0.15, 0.2) is 17.1 Å². The predicted molar refractivity (Wildman–Crippen MR) is 139 cm³/mol. The lowest BCUT2D eigenvalue weighted by molar-refractivity contribution is -0.113. The van der Waals surface area contributed by atoms with Gasteiger partial charge in [0.25, 0.3) is 0 Å². The normalized spacial score (nSPS) is 13.6. The monoisotopic (exact) mass is 530 g/mol. The van der Waals surface area contributed by atoms with Gasteiger partial charge in [0.2, 0.25) is 5.91 Å². The highest BCUT2D eigenvalue weighted by Crippen LogP contribution is 2.38. The lowest BCUT2D eigenvalue weighted by atomic mass is 9.95. The standard InChI is InChI=1S/C25H30N4O5S2/c1-5-33-24(31)21-18-8-6-7-9-19(18)36-23(21)26-20(30)14-35-25-28-27-22(29(25)3)15(2)34-17-12-10-16(32-4)11-13-17/h10-13,15H,5-9,14H2,1-4H3,(H,26,30). The zero-order valence-electron chi connectivity index (χ0n) is 20.8. The summed E-state index contributed by atoms with van der Waals surface area (Å²) in [6.07, 6.45) is 3.55. The van der Waals surface area contributed by atoms with Crippen molar-refractivity contribution >= 4 is 40.0 Å². The molecule has 0 fully saturated rings.